The Morgan fingerprint density at radius 2 is 1.67 bits per heavy atom. The van der Waals surface area contributed by atoms with Crippen LogP contribution in [-0.4, -0.2) is 103 Å². The second-order valence-corrected chi connectivity index (χ2v) is 22.2. The van der Waals surface area contributed by atoms with E-state index in [1.165, 1.54) is 4.90 Å². The fourth-order valence-corrected chi connectivity index (χ4v) is 11.0. The van der Waals surface area contributed by atoms with Gasteiger partial charge in [0.1, 0.15) is 42.7 Å². The quantitative estimate of drug-likeness (QED) is 0.0399. The zero-order chi connectivity index (χ0) is 52.5. The second kappa shape index (κ2) is 23.7. The first-order chi connectivity index (χ1) is 34.0. The molecular formula is C54H69ClN8O8S. The van der Waals surface area contributed by atoms with E-state index in [1.54, 1.807) is 47.2 Å². The molecule has 16 nitrogen and oxygen atoms in total. The Hall–Kier alpha value is -6.06. The Morgan fingerprint density at radius 3 is 2.28 bits per heavy atom. The van der Waals surface area contributed by atoms with E-state index >= 15 is 0 Å². The number of carbonyl (C=O) groups is 5. The van der Waals surface area contributed by atoms with Crippen LogP contribution in [0.15, 0.2) is 72.2 Å². The Balaban J connectivity index is 0.922. The number of nitrogens with two attached hydrogens (primary N) is 1. The Morgan fingerprint density at radius 1 is 0.972 bits per heavy atom. The average molecular weight is 1030 g/mol. The van der Waals surface area contributed by atoms with E-state index in [4.69, 9.17) is 31.5 Å². The van der Waals surface area contributed by atoms with Gasteiger partial charge >= 0.3 is 5.97 Å². The van der Waals surface area contributed by atoms with Gasteiger partial charge in [-0.3, -0.25) is 24.0 Å². The number of benzene rings is 3. The van der Waals surface area contributed by atoms with Crippen LogP contribution in [0.5, 0.6) is 5.75 Å². The highest BCUT2D eigenvalue weighted by Crippen LogP contribution is 2.55. The second-order valence-electron chi connectivity index (χ2n) is 21.0. The van der Waals surface area contributed by atoms with Crippen molar-refractivity contribution in [2.24, 2.45) is 22.0 Å². The number of nitrogens with zero attached hydrogens (tertiary/aromatic N) is 3. The molecular weight excluding hydrogens is 956 g/mol. The Bertz CT molecular complexity index is 2590. The summed E-state index contributed by atoms with van der Waals surface area (Å²) in [5, 5.41) is 22.1. The van der Waals surface area contributed by atoms with Crippen molar-refractivity contribution in [2.45, 2.75) is 124 Å². The zero-order valence-corrected chi connectivity index (χ0v) is 44.3. The van der Waals surface area contributed by atoms with Crippen molar-refractivity contribution < 1.29 is 38.2 Å². The molecule has 2 heterocycles. The first-order valence-corrected chi connectivity index (χ1v) is 25.7. The summed E-state index contributed by atoms with van der Waals surface area (Å²) in [6.07, 6.45) is 1.48. The van der Waals surface area contributed by atoms with Crippen molar-refractivity contribution in [3.63, 3.8) is 0 Å². The van der Waals surface area contributed by atoms with E-state index in [0.717, 1.165) is 40.2 Å². The normalized spacial score (nSPS) is 19.7. The number of ether oxygens (including phenoxy) is 3. The fraction of sp³-hybridized carbons (Fsp3) is 0.500. The predicted molar refractivity (Wildman–Crippen MR) is 278 cm³/mol. The lowest BCUT2D eigenvalue weighted by Gasteiger charge is -2.63. The van der Waals surface area contributed by atoms with Crippen LogP contribution >= 0.6 is 22.9 Å². The molecule has 72 heavy (non-hydrogen) atoms. The monoisotopic (exact) mass is 1020 g/mol. The third-order valence-corrected chi connectivity index (χ3v) is 14.9. The Kier molecular flexibility index (Phi) is 18.2. The molecule has 2 fully saturated rings. The molecule has 1 unspecified atom stereocenters. The summed E-state index contributed by atoms with van der Waals surface area (Å²) in [4.78, 5) is 74.0. The first kappa shape index (κ1) is 55.3. The molecule has 18 heteroatoms. The number of likely N-dealkylation sites (tertiary alicyclic amines) is 1. The van der Waals surface area contributed by atoms with E-state index in [-0.39, 0.29) is 55.0 Å². The number of thiazole rings is 1. The third kappa shape index (κ3) is 13.3. The largest absolute Gasteiger partial charge is 0.489 e. The average Bonchev–Trinajstić information content (AvgIpc) is 3.98. The number of hydrogen-bond acceptors (Lipinski definition) is 13. The molecule has 4 aromatic rings. The number of halogens is 1. The van der Waals surface area contributed by atoms with Gasteiger partial charge in [0.15, 0.2) is 0 Å². The minimum absolute atomic E-state index is 0.0356. The Labute approximate surface area is 432 Å². The van der Waals surface area contributed by atoms with Crippen LogP contribution in [0.25, 0.3) is 10.4 Å². The van der Waals surface area contributed by atoms with E-state index in [9.17, 15) is 29.2 Å². The summed E-state index contributed by atoms with van der Waals surface area (Å²) < 4.78 is 17.6. The number of anilines is 1. The molecule has 1 saturated heterocycles. The molecule has 6 N–H and O–H groups in total. The van der Waals surface area contributed by atoms with Crippen molar-refractivity contribution in [2.75, 3.05) is 38.2 Å². The summed E-state index contributed by atoms with van der Waals surface area (Å²) >= 11 is 7.80. The minimum Gasteiger partial charge on any atom is -0.489 e. The number of nitrogens with one attached hydrogen (secondary N) is 4. The molecule has 4 amide bonds. The highest BCUT2D eigenvalue weighted by molar-refractivity contribution is 7.13. The van der Waals surface area contributed by atoms with Crippen LogP contribution < -0.4 is 31.7 Å². The number of nitriles is 1. The molecule has 2 aliphatic rings. The van der Waals surface area contributed by atoms with Crippen molar-refractivity contribution >= 4 is 58.2 Å². The lowest BCUT2D eigenvalue weighted by Crippen LogP contribution is -2.74. The molecule has 1 aliphatic heterocycles. The van der Waals surface area contributed by atoms with Crippen molar-refractivity contribution in [1.82, 2.24) is 25.8 Å². The van der Waals surface area contributed by atoms with Crippen LogP contribution in [0.4, 0.5) is 5.69 Å². The maximum Gasteiger partial charge on any atom is 0.320 e. The van der Waals surface area contributed by atoms with Gasteiger partial charge in [0.2, 0.25) is 17.7 Å². The summed E-state index contributed by atoms with van der Waals surface area (Å²) in [5.74, 6) is -1.59. The van der Waals surface area contributed by atoms with Crippen molar-refractivity contribution in [1.29, 1.82) is 5.26 Å². The highest BCUT2D eigenvalue weighted by atomic mass is 35.5. The number of aromatic nitrogens is 1. The molecule has 386 valence electrons. The SMILES string of the molecule is Cc1ncsc1-c1ccc([C@H](C)NC(=O)[C@@H]2C[C@@H](OC(=O)CN)CN2C(=O)C(NC(=O)COCCCCCNc2ccc(C(=O)N[C@H]3C(C)(C)[C@H](Oc4ccc(C#N)c(Cl)c4)C3(C)C)cc2)C(C)(C)C)cc1. The molecule has 0 radical (unpaired) electrons. The molecule has 4 atom stereocenters. The lowest BCUT2D eigenvalue weighted by molar-refractivity contribution is -0.164. The van der Waals surface area contributed by atoms with Crippen molar-refractivity contribution in [3.8, 4) is 22.3 Å². The lowest BCUT2D eigenvalue weighted by atomic mass is 9.49. The molecule has 0 spiro atoms. The van der Waals surface area contributed by atoms with Crippen LogP contribution in [0.2, 0.25) is 5.02 Å². The number of rotatable bonds is 21. The minimum atomic E-state index is -1.01. The maximum absolute atomic E-state index is 14.4. The van der Waals surface area contributed by atoms with E-state index < -0.39 is 53.3 Å². The van der Waals surface area contributed by atoms with Gasteiger partial charge < -0.3 is 46.1 Å². The van der Waals surface area contributed by atoms with Gasteiger partial charge in [0.25, 0.3) is 5.91 Å². The molecule has 3 aromatic carbocycles. The molecule has 6 rings (SSSR count). The summed E-state index contributed by atoms with van der Waals surface area (Å²) in [6, 6.07) is 19.8. The summed E-state index contributed by atoms with van der Waals surface area (Å²) in [5.41, 5.74) is 10.5. The molecule has 0 bridgehead atoms. The predicted octanol–water partition coefficient (Wildman–Crippen LogP) is 7.73. The third-order valence-electron chi connectivity index (χ3n) is 13.6. The van der Waals surface area contributed by atoms with Gasteiger partial charge in [0, 0.05) is 53.8 Å². The fourth-order valence-electron chi connectivity index (χ4n) is 9.97. The van der Waals surface area contributed by atoms with Crippen LogP contribution in [-0.2, 0) is 28.7 Å². The van der Waals surface area contributed by atoms with Gasteiger partial charge in [-0.05, 0) is 86.1 Å². The number of aryl methyl sites for hydroxylation is 1. The molecule has 1 saturated carbocycles. The van der Waals surface area contributed by atoms with E-state index in [0.29, 0.717) is 41.5 Å². The van der Waals surface area contributed by atoms with E-state index in [2.05, 4.69) is 60.0 Å². The molecule has 1 aromatic heterocycles. The number of unbranched alkanes of at least 4 members (excludes halogenated alkanes) is 2. The van der Waals surface area contributed by atoms with Gasteiger partial charge in [-0.15, -0.1) is 11.3 Å². The number of esters is 1. The first-order valence-electron chi connectivity index (χ1n) is 24.4. The van der Waals surface area contributed by atoms with Crippen LogP contribution in [0.3, 0.4) is 0 Å². The smallest absolute Gasteiger partial charge is 0.320 e. The number of carbonyl (C=O) groups excluding carboxylic acids is 5. The number of amides is 4. The maximum atomic E-state index is 14.4. The topological polar surface area (TPSA) is 227 Å². The van der Waals surface area contributed by atoms with Crippen molar-refractivity contribution in [3.05, 3.63) is 99.6 Å². The van der Waals surface area contributed by atoms with E-state index in [1.807, 2.05) is 71.0 Å². The zero-order valence-electron chi connectivity index (χ0n) is 42.7. The number of hydrogen-bond donors (Lipinski definition) is 5. The summed E-state index contributed by atoms with van der Waals surface area (Å²) in [6.45, 7) is 18.0. The van der Waals surface area contributed by atoms with Gasteiger partial charge in [-0.1, -0.05) is 84.3 Å². The van der Waals surface area contributed by atoms with Gasteiger partial charge in [-0.2, -0.15) is 5.26 Å². The standard InChI is InChI=1S/C54H69ClN8O8S/c1-32(34-13-15-35(16-14-34)45-33(2)59-31-72-45)60-48(67)42-26-40(70-44(65)28-57)29-63(42)49(68)46(52(3,4)5)61-43(64)30-69-24-12-10-11-23-58-38-20-17-36(18-21-38)47(66)62-50-53(6,7)51(54(50,8)9)71-39-22-19-37(27-56)41(55)25-39/h13-22,25,31-32,40,42,46,50-51,58H,10-12,23-24,26,28-30,57H2,1-9H3,(H,60,67)(H,61,64)(H,62,66)/t32-,40+,42-,46?,50-,51-/m0/s1. The van der Waals surface area contributed by atoms with Crippen LogP contribution in [0.1, 0.15) is 114 Å². The van der Waals surface area contributed by atoms with Crippen LogP contribution in [0, 0.1) is 34.5 Å². The summed E-state index contributed by atoms with van der Waals surface area (Å²) in [7, 11) is 0. The molecule has 1 aliphatic carbocycles. The van der Waals surface area contributed by atoms with Gasteiger partial charge in [-0.25, -0.2) is 4.98 Å². The highest BCUT2D eigenvalue weighted by Gasteiger charge is 2.64. The van der Waals surface area contributed by atoms with Gasteiger partial charge in [0.05, 0.1) is 45.8 Å².